The van der Waals surface area contributed by atoms with Crippen molar-refractivity contribution >= 4 is 44.9 Å². The van der Waals surface area contributed by atoms with E-state index in [0.717, 1.165) is 22.4 Å². The number of hydrogen-bond acceptors (Lipinski definition) is 4. The molecule has 5 heteroatoms. The van der Waals surface area contributed by atoms with E-state index in [-0.39, 0.29) is 5.91 Å². The highest BCUT2D eigenvalue weighted by Gasteiger charge is 2.11. The largest absolute Gasteiger partial charge is 0.298 e. The van der Waals surface area contributed by atoms with E-state index in [1.165, 1.54) is 21.6 Å². The fourth-order valence-corrected chi connectivity index (χ4v) is 4.31. The van der Waals surface area contributed by atoms with Crippen LogP contribution in [0.15, 0.2) is 77.0 Å². The van der Waals surface area contributed by atoms with Crippen LogP contribution in [0, 0.1) is 0 Å². The van der Waals surface area contributed by atoms with Crippen molar-refractivity contribution in [2.24, 2.45) is 0 Å². The summed E-state index contributed by atoms with van der Waals surface area (Å²) in [4.78, 5) is 18.3. The molecule has 0 bridgehead atoms. The van der Waals surface area contributed by atoms with E-state index >= 15 is 0 Å². The lowest BCUT2D eigenvalue weighted by atomic mass is 10.0. The number of fused-ring (bicyclic) bond motifs is 1. The second kappa shape index (κ2) is 7.94. The molecule has 134 valence electrons. The van der Waals surface area contributed by atoms with Gasteiger partial charge in [-0.3, -0.25) is 10.1 Å². The maximum Gasteiger partial charge on any atom is 0.257 e. The van der Waals surface area contributed by atoms with E-state index < -0.39 is 0 Å². The first-order valence-corrected chi connectivity index (χ1v) is 10.6. The zero-order valence-electron chi connectivity index (χ0n) is 14.8. The highest BCUT2D eigenvalue weighted by molar-refractivity contribution is 7.99. The molecule has 1 N–H and O–H groups in total. The molecule has 0 radical (unpaired) electrons. The summed E-state index contributed by atoms with van der Waals surface area (Å²) in [6.45, 7) is 2.11. The third kappa shape index (κ3) is 3.89. The summed E-state index contributed by atoms with van der Waals surface area (Å²) in [5.41, 5.74) is 2.59. The van der Waals surface area contributed by atoms with Gasteiger partial charge in [0.25, 0.3) is 5.91 Å². The van der Waals surface area contributed by atoms with Gasteiger partial charge in [-0.2, -0.15) is 0 Å². The molecule has 0 aliphatic carbocycles. The summed E-state index contributed by atoms with van der Waals surface area (Å²) in [5.74, 6) is 0.878. The Hall–Kier alpha value is -2.63. The number of rotatable bonds is 5. The van der Waals surface area contributed by atoms with Crippen LogP contribution in [0.25, 0.3) is 22.0 Å². The molecule has 0 saturated carbocycles. The maximum atomic E-state index is 12.5. The van der Waals surface area contributed by atoms with Crippen LogP contribution in [0.5, 0.6) is 0 Å². The molecule has 0 aliphatic heterocycles. The Kier molecular flexibility index (Phi) is 5.23. The number of nitrogens with zero attached hydrogens (tertiary/aromatic N) is 1. The van der Waals surface area contributed by atoms with E-state index in [4.69, 9.17) is 0 Å². The molecule has 0 saturated heterocycles. The molecule has 0 aliphatic rings. The minimum atomic E-state index is -0.137. The molecule has 1 aromatic heterocycles. The lowest BCUT2D eigenvalue weighted by molar-refractivity contribution is 0.102. The Morgan fingerprint density at radius 3 is 2.63 bits per heavy atom. The molecule has 3 aromatic carbocycles. The third-order valence-electron chi connectivity index (χ3n) is 4.22. The molecule has 0 spiro atoms. The highest BCUT2D eigenvalue weighted by atomic mass is 32.2. The van der Waals surface area contributed by atoms with E-state index in [9.17, 15) is 4.79 Å². The summed E-state index contributed by atoms with van der Waals surface area (Å²) in [7, 11) is 0. The second-order valence-corrected chi connectivity index (χ2v) is 8.17. The summed E-state index contributed by atoms with van der Waals surface area (Å²) in [5, 5.41) is 7.84. The van der Waals surface area contributed by atoms with Gasteiger partial charge < -0.3 is 0 Å². The van der Waals surface area contributed by atoms with Crippen LogP contribution in [0.2, 0.25) is 0 Å². The number of aromatic nitrogens is 1. The highest BCUT2D eigenvalue weighted by Crippen LogP contribution is 2.31. The van der Waals surface area contributed by atoms with E-state index in [2.05, 4.69) is 41.5 Å². The number of thioether (sulfide) groups is 1. The number of anilines is 1. The quantitative estimate of drug-likeness (QED) is 0.405. The smallest absolute Gasteiger partial charge is 0.257 e. The molecule has 4 rings (SSSR count). The molecule has 4 aromatic rings. The van der Waals surface area contributed by atoms with Crippen molar-refractivity contribution < 1.29 is 4.79 Å². The van der Waals surface area contributed by atoms with Crippen molar-refractivity contribution in [3.63, 3.8) is 0 Å². The van der Waals surface area contributed by atoms with Gasteiger partial charge >= 0.3 is 0 Å². The lowest BCUT2D eigenvalue weighted by Gasteiger charge is -2.04. The average Bonchev–Trinajstić information content (AvgIpc) is 3.16. The molecule has 0 atom stereocenters. The van der Waals surface area contributed by atoms with Crippen LogP contribution in [0.3, 0.4) is 0 Å². The zero-order valence-corrected chi connectivity index (χ0v) is 16.4. The minimum absolute atomic E-state index is 0.137. The average molecular weight is 391 g/mol. The van der Waals surface area contributed by atoms with Gasteiger partial charge in [-0.05, 0) is 40.8 Å². The number of carbonyl (C=O) groups is 1. The van der Waals surface area contributed by atoms with Gasteiger partial charge in [0, 0.05) is 21.4 Å². The Bertz CT molecular complexity index is 1080. The lowest BCUT2D eigenvalue weighted by Crippen LogP contribution is -2.11. The van der Waals surface area contributed by atoms with E-state index in [1.54, 1.807) is 11.8 Å². The van der Waals surface area contributed by atoms with Crippen LogP contribution < -0.4 is 5.32 Å². The van der Waals surface area contributed by atoms with E-state index in [0.29, 0.717) is 10.7 Å². The molecule has 1 amide bonds. The monoisotopic (exact) mass is 390 g/mol. The first-order valence-electron chi connectivity index (χ1n) is 8.72. The molecule has 0 fully saturated rings. The number of carbonyl (C=O) groups excluding carboxylic acids is 1. The predicted molar refractivity (Wildman–Crippen MR) is 116 cm³/mol. The predicted octanol–water partition coefficient (Wildman–Crippen LogP) is 6.33. The van der Waals surface area contributed by atoms with Crippen molar-refractivity contribution in [2.75, 3.05) is 11.1 Å². The van der Waals surface area contributed by atoms with Gasteiger partial charge in [-0.1, -0.05) is 49.4 Å². The fraction of sp³-hybridized carbons (Fsp3) is 0.0909. The van der Waals surface area contributed by atoms with Gasteiger partial charge in [-0.25, -0.2) is 4.98 Å². The van der Waals surface area contributed by atoms with E-state index in [1.807, 2.05) is 47.8 Å². The van der Waals surface area contributed by atoms with Gasteiger partial charge in [0.2, 0.25) is 0 Å². The Labute approximate surface area is 166 Å². The van der Waals surface area contributed by atoms with Crippen molar-refractivity contribution in [2.45, 2.75) is 11.8 Å². The van der Waals surface area contributed by atoms with Gasteiger partial charge in [0.05, 0.1) is 5.69 Å². The van der Waals surface area contributed by atoms with Crippen molar-refractivity contribution in [1.82, 2.24) is 4.98 Å². The summed E-state index contributed by atoms with van der Waals surface area (Å²) in [6.07, 6.45) is 0. The first-order chi connectivity index (χ1) is 13.2. The fourth-order valence-electron chi connectivity index (χ4n) is 2.94. The number of thiazole rings is 1. The van der Waals surface area contributed by atoms with Crippen molar-refractivity contribution in [3.05, 3.63) is 77.7 Å². The molecule has 1 heterocycles. The minimum Gasteiger partial charge on any atom is -0.298 e. The van der Waals surface area contributed by atoms with Crippen LogP contribution in [0.1, 0.15) is 17.3 Å². The molecular weight excluding hydrogens is 372 g/mol. The Morgan fingerprint density at radius 1 is 1.04 bits per heavy atom. The number of nitrogens with one attached hydrogen (secondary N) is 1. The SMILES string of the molecule is CCSc1ccc(C(=O)Nc2nc(-c3cccc4ccccc34)cs2)cc1. The number of amides is 1. The maximum absolute atomic E-state index is 12.5. The third-order valence-corrected chi connectivity index (χ3v) is 5.87. The van der Waals surface area contributed by atoms with Crippen LogP contribution >= 0.6 is 23.1 Å². The summed E-state index contributed by atoms with van der Waals surface area (Å²) < 4.78 is 0. The van der Waals surface area contributed by atoms with Crippen molar-refractivity contribution in [1.29, 1.82) is 0 Å². The Balaban J connectivity index is 1.55. The van der Waals surface area contributed by atoms with Gasteiger partial charge in [-0.15, -0.1) is 23.1 Å². The summed E-state index contributed by atoms with van der Waals surface area (Å²) >= 11 is 3.20. The van der Waals surface area contributed by atoms with Crippen LogP contribution in [0.4, 0.5) is 5.13 Å². The van der Waals surface area contributed by atoms with Crippen LogP contribution in [-0.2, 0) is 0 Å². The molecule has 0 unspecified atom stereocenters. The van der Waals surface area contributed by atoms with Crippen molar-refractivity contribution in [3.8, 4) is 11.3 Å². The van der Waals surface area contributed by atoms with Crippen LogP contribution in [-0.4, -0.2) is 16.6 Å². The normalized spacial score (nSPS) is 10.9. The number of benzene rings is 3. The Morgan fingerprint density at radius 2 is 1.81 bits per heavy atom. The zero-order chi connectivity index (χ0) is 18.6. The van der Waals surface area contributed by atoms with Gasteiger partial charge in [0.15, 0.2) is 5.13 Å². The topological polar surface area (TPSA) is 42.0 Å². The second-order valence-electron chi connectivity index (χ2n) is 5.98. The summed E-state index contributed by atoms with van der Waals surface area (Å²) in [6, 6.07) is 22.1. The molecule has 3 nitrogen and oxygen atoms in total. The molecule has 27 heavy (non-hydrogen) atoms. The number of hydrogen-bond donors (Lipinski definition) is 1. The molecular formula is C22H18N2OS2. The first kappa shape index (κ1) is 17.8. The van der Waals surface area contributed by atoms with Gasteiger partial charge in [0.1, 0.15) is 0 Å². The standard InChI is InChI=1S/C22H18N2OS2/c1-2-26-17-12-10-16(11-13-17)21(25)24-22-23-20(14-27-22)19-9-5-7-15-6-3-4-8-18(15)19/h3-14H,2H2,1H3,(H,23,24,25).